The van der Waals surface area contributed by atoms with Crippen LogP contribution in [0.2, 0.25) is 0 Å². The average molecular weight is 368 g/mol. The van der Waals surface area contributed by atoms with Gasteiger partial charge in [0.05, 0.1) is 35.7 Å². The fourth-order valence-electron chi connectivity index (χ4n) is 3.41. The van der Waals surface area contributed by atoms with Crippen LogP contribution in [-0.4, -0.2) is 56.6 Å². The van der Waals surface area contributed by atoms with Crippen LogP contribution in [-0.2, 0) is 4.74 Å². The summed E-state index contributed by atoms with van der Waals surface area (Å²) in [6, 6.07) is 3.87. The summed E-state index contributed by atoms with van der Waals surface area (Å²) in [6.07, 6.45) is 3.71. The molecule has 0 spiro atoms. The zero-order chi connectivity index (χ0) is 19.0. The molecule has 8 nitrogen and oxygen atoms in total. The van der Waals surface area contributed by atoms with Crippen LogP contribution in [0.4, 0.5) is 5.82 Å². The predicted molar refractivity (Wildman–Crippen MR) is 103 cm³/mol. The van der Waals surface area contributed by atoms with E-state index in [1.165, 1.54) is 0 Å². The fourth-order valence-corrected chi connectivity index (χ4v) is 3.41. The van der Waals surface area contributed by atoms with Gasteiger partial charge in [0.25, 0.3) is 0 Å². The summed E-state index contributed by atoms with van der Waals surface area (Å²) in [5, 5.41) is 8.39. The average Bonchev–Trinajstić information content (AvgIpc) is 3.04. The van der Waals surface area contributed by atoms with Gasteiger partial charge in [-0.3, -0.25) is 5.10 Å². The molecular weight excluding hydrogens is 344 g/mol. The van der Waals surface area contributed by atoms with Crippen LogP contribution in [0.25, 0.3) is 22.3 Å². The quantitative estimate of drug-likeness (QED) is 0.757. The van der Waals surface area contributed by atoms with Gasteiger partial charge in [0.15, 0.2) is 0 Å². The van der Waals surface area contributed by atoms with Crippen LogP contribution >= 0.6 is 0 Å². The molecule has 0 bridgehead atoms. The van der Waals surface area contributed by atoms with E-state index in [2.05, 4.69) is 43.9 Å². The SMILES string of the molecule is CC(C)Oc1cc2c(-c3cc(N4C[C@@H](C)O[C@@H](C)C4)ncn3)n[nH]c2cn1. The largest absolute Gasteiger partial charge is 0.475 e. The smallest absolute Gasteiger partial charge is 0.214 e. The first-order valence-corrected chi connectivity index (χ1v) is 9.23. The Kier molecular flexibility index (Phi) is 4.65. The van der Waals surface area contributed by atoms with Crippen LogP contribution in [0.3, 0.4) is 0 Å². The van der Waals surface area contributed by atoms with E-state index in [0.29, 0.717) is 5.88 Å². The first-order valence-electron chi connectivity index (χ1n) is 9.23. The second-order valence-corrected chi connectivity index (χ2v) is 7.23. The first-order chi connectivity index (χ1) is 13.0. The number of morpholine rings is 1. The van der Waals surface area contributed by atoms with Gasteiger partial charge in [-0.25, -0.2) is 15.0 Å². The van der Waals surface area contributed by atoms with Crippen molar-refractivity contribution in [1.82, 2.24) is 25.1 Å². The van der Waals surface area contributed by atoms with Gasteiger partial charge >= 0.3 is 0 Å². The zero-order valence-electron chi connectivity index (χ0n) is 16.0. The standard InChI is InChI=1S/C19H24N6O2/c1-11(2)26-18-5-14-16(7-20-18)23-24-19(14)15-6-17(22-10-21-15)25-8-12(3)27-13(4)9-25/h5-7,10-13H,8-9H2,1-4H3,(H,23,24)/t12-,13+. The normalized spacial score (nSPS) is 20.4. The van der Waals surface area contributed by atoms with Crippen molar-refractivity contribution in [1.29, 1.82) is 0 Å². The number of nitrogens with one attached hydrogen (secondary N) is 1. The predicted octanol–water partition coefficient (Wildman–Crippen LogP) is 2.82. The summed E-state index contributed by atoms with van der Waals surface area (Å²) in [5.41, 5.74) is 2.37. The molecule has 0 aromatic carbocycles. The molecule has 4 heterocycles. The van der Waals surface area contributed by atoms with E-state index >= 15 is 0 Å². The Bertz CT molecular complexity index is 931. The van der Waals surface area contributed by atoms with E-state index in [1.54, 1.807) is 12.5 Å². The lowest BCUT2D eigenvalue weighted by Crippen LogP contribution is -2.45. The van der Waals surface area contributed by atoms with Crippen molar-refractivity contribution in [3.05, 3.63) is 24.7 Å². The van der Waals surface area contributed by atoms with Crippen LogP contribution in [0, 0.1) is 0 Å². The minimum absolute atomic E-state index is 0.0567. The number of rotatable bonds is 4. The molecule has 2 atom stereocenters. The number of ether oxygens (including phenoxy) is 2. The molecule has 1 saturated heterocycles. The van der Waals surface area contributed by atoms with Gasteiger partial charge < -0.3 is 14.4 Å². The van der Waals surface area contributed by atoms with Crippen LogP contribution in [0.5, 0.6) is 5.88 Å². The van der Waals surface area contributed by atoms with Gasteiger partial charge in [0.1, 0.15) is 17.8 Å². The van der Waals surface area contributed by atoms with Crippen molar-refractivity contribution >= 4 is 16.7 Å². The summed E-state index contributed by atoms with van der Waals surface area (Å²) in [6.45, 7) is 9.72. The van der Waals surface area contributed by atoms with E-state index in [9.17, 15) is 0 Å². The molecule has 8 heteroatoms. The highest BCUT2D eigenvalue weighted by Gasteiger charge is 2.24. The Balaban J connectivity index is 1.69. The molecule has 1 N–H and O–H groups in total. The molecule has 0 radical (unpaired) electrons. The summed E-state index contributed by atoms with van der Waals surface area (Å²) < 4.78 is 11.5. The number of fused-ring (bicyclic) bond motifs is 1. The fraction of sp³-hybridized carbons (Fsp3) is 0.474. The highest BCUT2D eigenvalue weighted by Crippen LogP contribution is 2.29. The van der Waals surface area contributed by atoms with Crippen LogP contribution in [0.1, 0.15) is 27.7 Å². The second kappa shape index (κ2) is 7.11. The number of anilines is 1. The minimum atomic E-state index is 0.0567. The number of aromatic nitrogens is 5. The van der Waals surface area contributed by atoms with Crippen molar-refractivity contribution < 1.29 is 9.47 Å². The number of aromatic amines is 1. The van der Waals surface area contributed by atoms with Crippen molar-refractivity contribution in [3.63, 3.8) is 0 Å². The van der Waals surface area contributed by atoms with E-state index in [4.69, 9.17) is 9.47 Å². The van der Waals surface area contributed by atoms with E-state index in [1.807, 2.05) is 26.0 Å². The maximum Gasteiger partial charge on any atom is 0.214 e. The molecule has 3 aromatic rings. The zero-order valence-corrected chi connectivity index (χ0v) is 16.0. The van der Waals surface area contributed by atoms with E-state index < -0.39 is 0 Å². The van der Waals surface area contributed by atoms with Crippen molar-refractivity contribution in [2.75, 3.05) is 18.0 Å². The molecule has 142 valence electrons. The van der Waals surface area contributed by atoms with E-state index in [-0.39, 0.29) is 18.3 Å². The number of hydrogen-bond acceptors (Lipinski definition) is 7. The Morgan fingerprint density at radius 3 is 2.67 bits per heavy atom. The monoisotopic (exact) mass is 368 g/mol. The summed E-state index contributed by atoms with van der Waals surface area (Å²) in [5.74, 6) is 1.45. The second-order valence-electron chi connectivity index (χ2n) is 7.23. The van der Waals surface area contributed by atoms with Gasteiger partial charge in [0, 0.05) is 30.6 Å². The number of pyridine rings is 1. The summed E-state index contributed by atoms with van der Waals surface area (Å²) in [7, 11) is 0. The third-order valence-corrected chi connectivity index (χ3v) is 4.42. The summed E-state index contributed by atoms with van der Waals surface area (Å²) >= 11 is 0. The highest BCUT2D eigenvalue weighted by molar-refractivity contribution is 5.92. The van der Waals surface area contributed by atoms with Gasteiger partial charge in [-0.1, -0.05) is 0 Å². The van der Waals surface area contributed by atoms with E-state index in [0.717, 1.165) is 41.2 Å². The van der Waals surface area contributed by atoms with Crippen molar-refractivity contribution in [3.8, 4) is 17.3 Å². The lowest BCUT2D eigenvalue weighted by Gasteiger charge is -2.36. The Morgan fingerprint density at radius 1 is 1.15 bits per heavy atom. The molecule has 1 fully saturated rings. The molecule has 27 heavy (non-hydrogen) atoms. The van der Waals surface area contributed by atoms with Gasteiger partial charge in [-0.2, -0.15) is 5.10 Å². The third kappa shape index (κ3) is 3.71. The molecule has 1 aliphatic heterocycles. The molecule has 0 unspecified atom stereocenters. The Labute approximate surface area is 157 Å². The van der Waals surface area contributed by atoms with Gasteiger partial charge in [-0.15, -0.1) is 0 Å². The maximum atomic E-state index is 5.82. The number of nitrogens with zero attached hydrogens (tertiary/aromatic N) is 5. The van der Waals surface area contributed by atoms with Gasteiger partial charge in [-0.05, 0) is 27.7 Å². The third-order valence-electron chi connectivity index (χ3n) is 4.42. The molecule has 0 aliphatic carbocycles. The molecule has 1 aliphatic rings. The molecular formula is C19H24N6O2. The highest BCUT2D eigenvalue weighted by atomic mass is 16.5. The topological polar surface area (TPSA) is 89.0 Å². The lowest BCUT2D eigenvalue weighted by atomic mass is 10.2. The Morgan fingerprint density at radius 2 is 1.93 bits per heavy atom. The van der Waals surface area contributed by atoms with Gasteiger partial charge in [0.2, 0.25) is 5.88 Å². The Hall–Kier alpha value is -2.74. The molecule has 3 aromatic heterocycles. The van der Waals surface area contributed by atoms with Crippen LogP contribution < -0.4 is 9.64 Å². The summed E-state index contributed by atoms with van der Waals surface area (Å²) in [4.78, 5) is 15.4. The molecule has 0 amide bonds. The molecule has 4 rings (SSSR count). The molecule has 0 saturated carbocycles. The minimum Gasteiger partial charge on any atom is -0.475 e. The van der Waals surface area contributed by atoms with Crippen LogP contribution in [0.15, 0.2) is 24.7 Å². The number of hydrogen-bond donors (Lipinski definition) is 1. The van der Waals surface area contributed by atoms with Crippen molar-refractivity contribution in [2.24, 2.45) is 0 Å². The van der Waals surface area contributed by atoms with Crippen molar-refractivity contribution in [2.45, 2.75) is 46.0 Å². The maximum absolute atomic E-state index is 5.82. The first kappa shape index (κ1) is 17.7. The number of H-pyrrole nitrogens is 1. The lowest BCUT2D eigenvalue weighted by molar-refractivity contribution is -0.00546.